The Kier molecular flexibility index (Phi) is 6.94. The average molecular weight is 456 g/mol. The number of nitrogens with one attached hydrogen (secondary N) is 1. The Morgan fingerprint density at radius 1 is 1.10 bits per heavy atom. The normalized spacial score (nSPS) is 16.4. The Hall–Kier alpha value is -1.94. The molecule has 2 heterocycles. The molecular weight excluding hydrogens is 434 g/mol. The van der Waals surface area contributed by atoms with E-state index in [9.17, 15) is 18.0 Å². The van der Waals surface area contributed by atoms with Crippen molar-refractivity contribution in [2.24, 2.45) is 0 Å². The zero-order valence-electron chi connectivity index (χ0n) is 15.9. The summed E-state index contributed by atoms with van der Waals surface area (Å²) in [6.07, 6.45) is 0.122. The van der Waals surface area contributed by atoms with Crippen molar-refractivity contribution in [3.63, 3.8) is 0 Å². The van der Waals surface area contributed by atoms with E-state index in [1.54, 1.807) is 11.0 Å². The Labute approximate surface area is 179 Å². The number of hydrogen-bond donors (Lipinski definition) is 1. The van der Waals surface area contributed by atoms with Gasteiger partial charge in [-0.15, -0.1) is 11.3 Å². The number of benzene rings is 1. The van der Waals surface area contributed by atoms with Gasteiger partial charge in [-0.05, 0) is 17.7 Å². The first-order valence-electron chi connectivity index (χ1n) is 9.12. The number of rotatable bonds is 6. The van der Waals surface area contributed by atoms with Gasteiger partial charge in [-0.2, -0.15) is 4.31 Å². The van der Waals surface area contributed by atoms with E-state index in [-0.39, 0.29) is 35.5 Å². The number of halogens is 1. The minimum atomic E-state index is -3.60. The number of thiophene rings is 1. The molecule has 2 aromatic rings. The fourth-order valence-corrected chi connectivity index (χ4v) is 6.29. The van der Waals surface area contributed by atoms with Crippen molar-refractivity contribution in [1.82, 2.24) is 14.5 Å². The van der Waals surface area contributed by atoms with Gasteiger partial charge >= 0.3 is 0 Å². The Bertz CT molecular complexity index is 970. The van der Waals surface area contributed by atoms with Crippen LogP contribution in [0.25, 0.3) is 0 Å². The SMILES string of the molecule is CC(=O)NC(CC(=O)N1CCN(S(=O)(=O)c2ccc(Cl)s2)CC1)c1ccccc1. The summed E-state index contributed by atoms with van der Waals surface area (Å²) in [6.45, 7) is 2.47. The number of hydrogen-bond acceptors (Lipinski definition) is 5. The number of carbonyl (C=O) groups excluding carboxylic acids is 2. The molecule has 156 valence electrons. The van der Waals surface area contributed by atoms with Crippen LogP contribution < -0.4 is 5.32 Å². The maximum atomic E-state index is 12.8. The second kappa shape index (κ2) is 9.25. The Morgan fingerprint density at radius 2 is 1.76 bits per heavy atom. The van der Waals surface area contributed by atoms with Crippen molar-refractivity contribution >= 4 is 44.8 Å². The molecule has 1 aliphatic rings. The molecule has 0 radical (unpaired) electrons. The smallest absolute Gasteiger partial charge is 0.252 e. The van der Waals surface area contributed by atoms with E-state index in [2.05, 4.69) is 5.32 Å². The van der Waals surface area contributed by atoms with Crippen molar-refractivity contribution in [1.29, 1.82) is 0 Å². The minimum absolute atomic E-state index is 0.121. The molecule has 1 atom stereocenters. The number of amides is 2. The molecule has 1 aromatic heterocycles. The lowest BCUT2D eigenvalue weighted by atomic mass is 10.0. The third kappa shape index (κ3) is 5.36. The standard InChI is InChI=1S/C19H22ClN3O4S2/c1-14(24)21-16(15-5-3-2-4-6-15)13-18(25)22-9-11-23(12-10-22)29(26,27)19-8-7-17(20)28-19/h2-8,16H,9-13H2,1H3,(H,21,24). The molecule has 0 spiro atoms. The fourth-order valence-electron chi connectivity index (χ4n) is 3.23. The summed E-state index contributed by atoms with van der Waals surface area (Å²) in [5.41, 5.74) is 0.854. The van der Waals surface area contributed by atoms with Gasteiger partial charge in [0.2, 0.25) is 11.8 Å². The first-order chi connectivity index (χ1) is 13.8. The second-order valence-electron chi connectivity index (χ2n) is 6.71. The third-order valence-electron chi connectivity index (χ3n) is 4.69. The largest absolute Gasteiger partial charge is 0.349 e. The predicted octanol–water partition coefficient (Wildman–Crippen LogP) is 2.50. The maximum absolute atomic E-state index is 12.8. The summed E-state index contributed by atoms with van der Waals surface area (Å²) in [5.74, 6) is -0.332. The molecule has 1 unspecified atom stereocenters. The first kappa shape index (κ1) is 21.8. The van der Waals surface area contributed by atoms with Crippen LogP contribution in [0.4, 0.5) is 0 Å². The molecule has 0 saturated carbocycles. The lowest BCUT2D eigenvalue weighted by Crippen LogP contribution is -2.50. The molecule has 1 fully saturated rings. The zero-order valence-corrected chi connectivity index (χ0v) is 18.3. The molecule has 7 nitrogen and oxygen atoms in total. The van der Waals surface area contributed by atoms with Gasteiger partial charge in [0.25, 0.3) is 10.0 Å². The molecule has 0 aliphatic carbocycles. The van der Waals surface area contributed by atoms with Crippen LogP contribution in [0.1, 0.15) is 24.9 Å². The van der Waals surface area contributed by atoms with Crippen LogP contribution in [-0.4, -0.2) is 55.6 Å². The van der Waals surface area contributed by atoms with Crippen LogP contribution in [-0.2, 0) is 19.6 Å². The van der Waals surface area contributed by atoms with Gasteiger partial charge in [0.05, 0.1) is 16.8 Å². The van der Waals surface area contributed by atoms with Gasteiger partial charge in [0, 0.05) is 33.1 Å². The van der Waals surface area contributed by atoms with Gasteiger partial charge in [-0.1, -0.05) is 41.9 Å². The zero-order chi connectivity index (χ0) is 21.0. The fraction of sp³-hybridized carbons (Fsp3) is 0.368. The minimum Gasteiger partial charge on any atom is -0.349 e. The quantitative estimate of drug-likeness (QED) is 0.725. The third-order valence-corrected chi connectivity index (χ3v) is 8.29. The van der Waals surface area contributed by atoms with E-state index in [4.69, 9.17) is 11.6 Å². The van der Waals surface area contributed by atoms with Crippen molar-refractivity contribution < 1.29 is 18.0 Å². The molecule has 1 aliphatic heterocycles. The highest BCUT2D eigenvalue weighted by atomic mass is 35.5. The Morgan fingerprint density at radius 3 is 2.31 bits per heavy atom. The highest BCUT2D eigenvalue weighted by Crippen LogP contribution is 2.28. The number of carbonyl (C=O) groups is 2. The van der Waals surface area contributed by atoms with Crippen molar-refractivity contribution in [3.05, 3.63) is 52.4 Å². The summed E-state index contributed by atoms with van der Waals surface area (Å²) >= 11 is 6.88. The molecule has 3 rings (SSSR count). The molecule has 1 aromatic carbocycles. The van der Waals surface area contributed by atoms with Crippen LogP contribution >= 0.6 is 22.9 Å². The van der Waals surface area contributed by atoms with Crippen LogP contribution in [0, 0.1) is 0 Å². The average Bonchev–Trinajstić information content (AvgIpc) is 3.15. The van der Waals surface area contributed by atoms with Crippen molar-refractivity contribution in [2.45, 2.75) is 23.6 Å². The Balaban J connectivity index is 1.62. The van der Waals surface area contributed by atoms with Gasteiger partial charge in [0.15, 0.2) is 0 Å². The lowest BCUT2D eigenvalue weighted by molar-refractivity contribution is -0.133. The monoisotopic (exact) mass is 455 g/mol. The number of piperazine rings is 1. The van der Waals surface area contributed by atoms with Gasteiger partial charge in [-0.3, -0.25) is 9.59 Å². The molecule has 2 amide bonds. The van der Waals surface area contributed by atoms with E-state index < -0.39 is 16.1 Å². The molecule has 1 saturated heterocycles. The summed E-state index contributed by atoms with van der Waals surface area (Å²) in [7, 11) is -3.60. The molecule has 1 N–H and O–H groups in total. The van der Waals surface area contributed by atoms with E-state index in [1.165, 1.54) is 17.3 Å². The number of sulfonamides is 1. The van der Waals surface area contributed by atoms with E-state index >= 15 is 0 Å². The van der Waals surface area contributed by atoms with Gasteiger partial charge in [-0.25, -0.2) is 8.42 Å². The van der Waals surface area contributed by atoms with Gasteiger partial charge in [0.1, 0.15) is 4.21 Å². The number of nitrogens with zero attached hydrogens (tertiary/aromatic N) is 2. The van der Waals surface area contributed by atoms with Crippen LogP contribution in [0.5, 0.6) is 0 Å². The van der Waals surface area contributed by atoms with Crippen molar-refractivity contribution in [2.75, 3.05) is 26.2 Å². The summed E-state index contributed by atoms with van der Waals surface area (Å²) < 4.78 is 27.4. The predicted molar refractivity (Wildman–Crippen MR) is 112 cm³/mol. The van der Waals surface area contributed by atoms with Crippen LogP contribution in [0.2, 0.25) is 4.34 Å². The maximum Gasteiger partial charge on any atom is 0.252 e. The first-order valence-corrected chi connectivity index (χ1v) is 11.8. The molecular formula is C19H22ClN3O4S2. The summed E-state index contributed by atoms with van der Waals surface area (Å²) in [6, 6.07) is 12.0. The summed E-state index contributed by atoms with van der Waals surface area (Å²) in [4.78, 5) is 26.0. The molecule has 0 bridgehead atoms. The highest BCUT2D eigenvalue weighted by molar-refractivity contribution is 7.91. The van der Waals surface area contributed by atoms with E-state index in [0.717, 1.165) is 16.9 Å². The van der Waals surface area contributed by atoms with Crippen molar-refractivity contribution in [3.8, 4) is 0 Å². The highest BCUT2D eigenvalue weighted by Gasteiger charge is 2.32. The second-order valence-corrected chi connectivity index (χ2v) is 10.6. The topological polar surface area (TPSA) is 86.8 Å². The molecule has 29 heavy (non-hydrogen) atoms. The van der Waals surface area contributed by atoms with Gasteiger partial charge < -0.3 is 10.2 Å². The lowest BCUT2D eigenvalue weighted by Gasteiger charge is -2.34. The summed E-state index contributed by atoms with van der Waals surface area (Å²) in [5, 5.41) is 2.82. The van der Waals surface area contributed by atoms with Crippen LogP contribution in [0.15, 0.2) is 46.7 Å². The van der Waals surface area contributed by atoms with E-state index in [0.29, 0.717) is 17.4 Å². The van der Waals surface area contributed by atoms with E-state index in [1.807, 2.05) is 30.3 Å². The van der Waals surface area contributed by atoms with Crippen LogP contribution in [0.3, 0.4) is 0 Å². The molecule has 10 heteroatoms.